The fourth-order valence-corrected chi connectivity index (χ4v) is 4.24. The van der Waals surface area contributed by atoms with Gasteiger partial charge in [0.15, 0.2) is 6.04 Å². The summed E-state index contributed by atoms with van der Waals surface area (Å²) in [5.74, 6) is 0.475. The summed E-state index contributed by atoms with van der Waals surface area (Å²) in [5, 5.41) is 7.47. The maximum Gasteiger partial charge on any atom is 0.410 e. The van der Waals surface area contributed by atoms with E-state index in [4.69, 9.17) is 4.74 Å². The molecule has 2 aromatic heterocycles. The molecule has 1 saturated heterocycles. The van der Waals surface area contributed by atoms with Gasteiger partial charge in [0.25, 0.3) is 5.91 Å². The topological polar surface area (TPSA) is 72.3 Å². The lowest BCUT2D eigenvalue weighted by Gasteiger charge is -2.32. The second kappa shape index (κ2) is 7.81. The second-order valence-corrected chi connectivity index (χ2v) is 7.69. The molecule has 0 bridgehead atoms. The van der Waals surface area contributed by atoms with E-state index in [-0.39, 0.29) is 24.4 Å². The monoisotopic (exact) mass is 423 g/mol. The Morgan fingerprint density at radius 2 is 2.17 bits per heavy atom. The van der Waals surface area contributed by atoms with Gasteiger partial charge in [-0.15, -0.1) is 0 Å². The van der Waals surface area contributed by atoms with Crippen LogP contribution < -0.4 is 10.1 Å². The van der Waals surface area contributed by atoms with Gasteiger partial charge in [-0.2, -0.15) is 18.3 Å². The Bertz CT molecular complexity index is 929. The third kappa shape index (κ3) is 3.70. The van der Waals surface area contributed by atoms with Crippen molar-refractivity contribution in [1.82, 2.24) is 19.7 Å². The zero-order chi connectivity index (χ0) is 21.5. The number of methoxy groups -OCH3 is 1. The average molecular weight is 423 g/mol. The van der Waals surface area contributed by atoms with Crippen LogP contribution in [0.1, 0.15) is 60.7 Å². The van der Waals surface area contributed by atoms with Gasteiger partial charge in [-0.3, -0.25) is 4.79 Å². The molecule has 0 aliphatic carbocycles. The summed E-state index contributed by atoms with van der Waals surface area (Å²) in [6.07, 6.45) is -0.947. The first-order valence-electron chi connectivity index (χ1n) is 10.1. The Balaban J connectivity index is 1.64. The molecule has 0 radical (unpaired) electrons. The van der Waals surface area contributed by atoms with Crippen LogP contribution in [0.5, 0.6) is 5.88 Å². The Labute approximate surface area is 172 Å². The number of anilines is 1. The molecule has 4 rings (SSSR count). The van der Waals surface area contributed by atoms with Gasteiger partial charge in [0.1, 0.15) is 5.82 Å². The summed E-state index contributed by atoms with van der Waals surface area (Å²) in [7, 11) is 1.47. The highest BCUT2D eigenvalue weighted by Crippen LogP contribution is 2.42. The van der Waals surface area contributed by atoms with Crippen LogP contribution in [-0.2, 0) is 0 Å². The van der Waals surface area contributed by atoms with E-state index in [9.17, 15) is 18.0 Å². The SMILES string of the molecule is CC[C@@H]1C[C@H](C(F)(F)F)n2nc(C3CCCN3C(=O)c3ccnc(OC)c3)cc2N1. The van der Waals surface area contributed by atoms with E-state index < -0.39 is 12.2 Å². The molecule has 10 heteroatoms. The standard InChI is InChI=1S/C20H24F3N5O2/c1-3-13-10-16(20(21,22)23)28-17(25-13)11-14(26-28)15-5-4-8-27(15)19(29)12-6-7-24-18(9-12)30-2/h6-7,9,11,13,15-16,25H,3-5,8,10H2,1-2H3/t13-,15?,16-/m1/s1. The zero-order valence-corrected chi connectivity index (χ0v) is 16.8. The third-order valence-corrected chi connectivity index (χ3v) is 5.83. The number of hydrogen-bond acceptors (Lipinski definition) is 5. The van der Waals surface area contributed by atoms with Crippen molar-refractivity contribution in [2.45, 2.75) is 56.9 Å². The highest BCUT2D eigenvalue weighted by atomic mass is 19.4. The van der Waals surface area contributed by atoms with E-state index in [0.29, 0.717) is 42.3 Å². The minimum atomic E-state index is -4.38. The van der Waals surface area contributed by atoms with Crippen molar-refractivity contribution in [3.8, 4) is 5.88 Å². The van der Waals surface area contributed by atoms with Crippen molar-refractivity contribution >= 4 is 11.7 Å². The van der Waals surface area contributed by atoms with Crippen molar-refractivity contribution in [3.63, 3.8) is 0 Å². The first-order valence-corrected chi connectivity index (χ1v) is 10.1. The number of fused-ring (bicyclic) bond motifs is 1. The Kier molecular flexibility index (Phi) is 5.33. The number of halogens is 3. The fraction of sp³-hybridized carbons (Fsp3) is 0.550. The molecule has 162 valence electrons. The largest absolute Gasteiger partial charge is 0.481 e. The Hall–Kier alpha value is -2.78. The van der Waals surface area contributed by atoms with Crippen LogP contribution in [0.2, 0.25) is 0 Å². The minimum absolute atomic E-state index is 0.0573. The van der Waals surface area contributed by atoms with Crippen LogP contribution in [0, 0.1) is 0 Å². The summed E-state index contributed by atoms with van der Waals surface area (Å²) in [6, 6.07) is 2.52. The van der Waals surface area contributed by atoms with Gasteiger partial charge in [0.2, 0.25) is 5.88 Å². The van der Waals surface area contributed by atoms with Crippen LogP contribution >= 0.6 is 0 Å². The first-order chi connectivity index (χ1) is 14.3. The van der Waals surface area contributed by atoms with E-state index in [1.165, 1.54) is 13.3 Å². The summed E-state index contributed by atoms with van der Waals surface area (Å²) in [4.78, 5) is 18.8. The number of alkyl halides is 3. The molecule has 7 nitrogen and oxygen atoms in total. The molecule has 0 aromatic carbocycles. The smallest absolute Gasteiger partial charge is 0.410 e. The Morgan fingerprint density at radius 1 is 1.37 bits per heavy atom. The average Bonchev–Trinajstić information content (AvgIpc) is 3.38. The van der Waals surface area contributed by atoms with Crippen molar-refractivity contribution < 1.29 is 22.7 Å². The number of ether oxygens (including phenoxy) is 1. The molecule has 2 aliphatic heterocycles. The van der Waals surface area contributed by atoms with E-state index in [0.717, 1.165) is 11.1 Å². The van der Waals surface area contributed by atoms with E-state index in [1.54, 1.807) is 23.1 Å². The van der Waals surface area contributed by atoms with Crippen LogP contribution in [0.3, 0.4) is 0 Å². The predicted octanol–water partition coefficient (Wildman–Crippen LogP) is 3.96. The molecule has 1 N–H and O–H groups in total. The minimum Gasteiger partial charge on any atom is -0.481 e. The lowest BCUT2D eigenvalue weighted by molar-refractivity contribution is -0.173. The lowest BCUT2D eigenvalue weighted by atomic mass is 10.0. The molecule has 1 unspecified atom stereocenters. The van der Waals surface area contributed by atoms with Crippen LogP contribution in [0.15, 0.2) is 24.4 Å². The van der Waals surface area contributed by atoms with Crippen molar-refractivity contribution in [2.75, 3.05) is 19.0 Å². The van der Waals surface area contributed by atoms with Crippen molar-refractivity contribution in [2.24, 2.45) is 0 Å². The zero-order valence-electron chi connectivity index (χ0n) is 16.8. The van der Waals surface area contributed by atoms with Crippen molar-refractivity contribution in [3.05, 3.63) is 35.7 Å². The van der Waals surface area contributed by atoms with Crippen molar-refractivity contribution in [1.29, 1.82) is 0 Å². The Morgan fingerprint density at radius 3 is 2.87 bits per heavy atom. The molecular weight excluding hydrogens is 399 g/mol. The number of aromatic nitrogens is 3. The van der Waals surface area contributed by atoms with Crippen LogP contribution in [0.4, 0.5) is 19.0 Å². The lowest BCUT2D eigenvalue weighted by Crippen LogP contribution is -2.39. The van der Waals surface area contributed by atoms with Gasteiger partial charge in [0, 0.05) is 36.5 Å². The summed E-state index contributed by atoms with van der Waals surface area (Å²) in [5.41, 5.74) is 0.908. The highest BCUT2D eigenvalue weighted by Gasteiger charge is 2.46. The first kappa shape index (κ1) is 20.5. The number of nitrogens with one attached hydrogen (secondary N) is 1. The molecule has 0 spiro atoms. The number of pyridine rings is 1. The van der Waals surface area contributed by atoms with Crippen LogP contribution in [0.25, 0.3) is 0 Å². The number of hydrogen-bond donors (Lipinski definition) is 1. The number of carbonyl (C=O) groups excluding carboxylic acids is 1. The van der Waals surface area contributed by atoms with Gasteiger partial charge >= 0.3 is 6.18 Å². The van der Waals surface area contributed by atoms with Gasteiger partial charge in [-0.25, -0.2) is 9.67 Å². The van der Waals surface area contributed by atoms with Gasteiger partial charge in [-0.05, 0) is 31.7 Å². The number of amides is 1. The maximum atomic E-state index is 13.6. The summed E-state index contributed by atoms with van der Waals surface area (Å²) < 4.78 is 47.1. The summed E-state index contributed by atoms with van der Waals surface area (Å²) >= 11 is 0. The molecule has 1 amide bonds. The number of rotatable bonds is 4. The summed E-state index contributed by atoms with van der Waals surface area (Å²) in [6.45, 7) is 2.38. The van der Waals surface area contributed by atoms with Gasteiger partial charge < -0.3 is 15.0 Å². The van der Waals surface area contributed by atoms with E-state index in [1.807, 2.05) is 6.92 Å². The quantitative estimate of drug-likeness (QED) is 0.806. The maximum absolute atomic E-state index is 13.6. The van der Waals surface area contributed by atoms with E-state index >= 15 is 0 Å². The molecule has 30 heavy (non-hydrogen) atoms. The molecule has 2 aliphatic rings. The highest BCUT2D eigenvalue weighted by molar-refractivity contribution is 5.94. The van der Waals surface area contributed by atoms with Gasteiger partial charge in [-0.1, -0.05) is 6.92 Å². The number of likely N-dealkylation sites (tertiary alicyclic amines) is 1. The molecule has 0 saturated carbocycles. The molecule has 4 heterocycles. The van der Waals surface area contributed by atoms with Crippen LogP contribution in [-0.4, -0.2) is 51.4 Å². The number of nitrogens with zero attached hydrogens (tertiary/aromatic N) is 4. The molecule has 2 aromatic rings. The fourth-order valence-electron chi connectivity index (χ4n) is 4.24. The molecular formula is C20H24F3N5O2. The third-order valence-electron chi connectivity index (χ3n) is 5.83. The van der Waals surface area contributed by atoms with Gasteiger partial charge in [0.05, 0.1) is 18.8 Å². The van der Waals surface area contributed by atoms with E-state index in [2.05, 4.69) is 15.4 Å². The number of carbonyl (C=O) groups is 1. The molecule has 1 fully saturated rings. The molecule has 3 atom stereocenters. The normalized spacial score (nSPS) is 23.8. The predicted molar refractivity (Wildman–Crippen MR) is 103 cm³/mol. The second-order valence-electron chi connectivity index (χ2n) is 7.69.